The highest BCUT2D eigenvalue weighted by Gasteiger charge is 2.21. The van der Waals surface area contributed by atoms with E-state index in [2.05, 4.69) is 10.6 Å². The van der Waals surface area contributed by atoms with Gasteiger partial charge in [-0.3, -0.25) is 14.7 Å². The van der Waals surface area contributed by atoms with E-state index in [9.17, 15) is 14.2 Å². The molecule has 0 rings (SSSR count). The number of amides is 2. The van der Waals surface area contributed by atoms with Crippen LogP contribution in [0.25, 0.3) is 0 Å². The van der Waals surface area contributed by atoms with E-state index < -0.39 is 31.9 Å². The van der Waals surface area contributed by atoms with Crippen molar-refractivity contribution in [3.8, 4) is 0 Å². The number of nitrogens with one attached hydrogen (secondary N) is 2. The Labute approximate surface area is 104 Å². The molecule has 0 aromatic carbocycles. The molecule has 0 aliphatic heterocycles. The monoisotopic (exact) mass is 283 g/mol. The van der Waals surface area contributed by atoms with Crippen molar-refractivity contribution in [3.63, 3.8) is 0 Å². The molecule has 10 heteroatoms. The maximum Gasteiger partial charge on any atom is 0.339 e. The minimum Gasteiger partial charge on any atom is -0.480 e. The number of unbranched alkanes of at least 4 members (excludes halogenated alkanes) is 1. The highest BCUT2D eigenvalue weighted by Crippen LogP contribution is 2.32. The Balaban J connectivity index is 3.88. The molecular formula is C8H18N3O6P. The van der Waals surface area contributed by atoms with E-state index in [0.717, 1.165) is 0 Å². The fourth-order valence-corrected chi connectivity index (χ4v) is 1.69. The molecule has 0 fully saturated rings. The van der Waals surface area contributed by atoms with Gasteiger partial charge in [-0.15, -0.1) is 0 Å². The summed E-state index contributed by atoms with van der Waals surface area (Å²) in [7, 11) is -4.27. The van der Waals surface area contributed by atoms with Crippen LogP contribution in [-0.2, 0) is 9.36 Å². The Morgan fingerprint density at radius 3 is 2.33 bits per heavy atom. The lowest BCUT2D eigenvalue weighted by atomic mass is 10.1. The molecule has 0 aliphatic rings. The molecule has 0 heterocycles. The zero-order valence-corrected chi connectivity index (χ0v) is 10.6. The first-order valence-corrected chi connectivity index (χ1v) is 7.06. The van der Waals surface area contributed by atoms with Gasteiger partial charge in [0.25, 0.3) is 0 Å². The number of hydrogen-bond acceptors (Lipinski definition) is 4. The molecule has 0 aromatic rings. The molecule has 7 N–H and O–H groups in total. The first-order valence-electron chi connectivity index (χ1n) is 5.26. The lowest BCUT2D eigenvalue weighted by molar-refractivity contribution is -0.139. The van der Waals surface area contributed by atoms with Crippen LogP contribution in [0, 0.1) is 0 Å². The van der Waals surface area contributed by atoms with E-state index in [1.807, 2.05) is 0 Å². The van der Waals surface area contributed by atoms with Gasteiger partial charge < -0.3 is 25.9 Å². The highest BCUT2D eigenvalue weighted by molar-refractivity contribution is 7.51. The van der Waals surface area contributed by atoms with Crippen LogP contribution >= 0.6 is 7.60 Å². The number of carboxylic acids is 1. The summed E-state index contributed by atoms with van der Waals surface area (Å²) in [6, 6.07) is -1.67. The van der Waals surface area contributed by atoms with Crippen LogP contribution < -0.4 is 16.4 Å². The third-order valence-electron chi connectivity index (χ3n) is 2.06. The first-order chi connectivity index (χ1) is 8.22. The average molecular weight is 283 g/mol. The Kier molecular flexibility index (Phi) is 7.53. The van der Waals surface area contributed by atoms with Crippen LogP contribution in [0.3, 0.4) is 0 Å². The minimum absolute atomic E-state index is 0.204. The molecule has 2 amide bonds. The zero-order valence-electron chi connectivity index (χ0n) is 9.70. The van der Waals surface area contributed by atoms with E-state index in [0.29, 0.717) is 19.4 Å². The van der Waals surface area contributed by atoms with E-state index in [-0.39, 0.29) is 6.42 Å². The number of aliphatic carboxylic acids is 1. The Hall–Kier alpha value is -1.15. The third kappa shape index (κ3) is 10.0. The summed E-state index contributed by atoms with van der Waals surface area (Å²) in [5, 5.41) is 13.4. The van der Waals surface area contributed by atoms with Gasteiger partial charge in [0, 0.05) is 6.54 Å². The van der Waals surface area contributed by atoms with Gasteiger partial charge in [-0.2, -0.15) is 0 Å². The van der Waals surface area contributed by atoms with Crippen molar-refractivity contribution < 1.29 is 29.0 Å². The standard InChI is InChI=1S/C8H18N3O6P/c9-8(14)10-4-2-1-3-6(7(12)13)11-5-18(15,16)17/h6,11H,1-5H2,(H,12,13)(H3,9,10,14)(H2,15,16,17). The molecule has 1 atom stereocenters. The SMILES string of the molecule is NC(=O)NCCCCC(NCP(=O)(O)O)C(=O)O. The van der Waals surface area contributed by atoms with Crippen molar-refractivity contribution in [2.45, 2.75) is 25.3 Å². The Morgan fingerprint density at radius 1 is 1.28 bits per heavy atom. The van der Waals surface area contributed by atoms with Crippen LogP contribution in [0.5, 0.6) is 0 Å². The minimum atomic E-state index is -4.27. The maximum atomic E-state index is 10.8. The van der Waals surface area contributed by atoms with Crippen LogP contribution in [0.4, 0.5) is 4.79 Å². The second-order valence-electron chi connectivity index (χ2n) is 3.70. The molecule has 0 aliphatic carbocycles. The lowest BCUT2D eigenvalue weighted by Gasteiger charge is -2.14. The normalized spacial score (nSPS) is 13.0. The quantitative estimate of drug-likeness (QED) is 0.233. The van der Waals surface area contributed by atoms with Gasteiger partial charge in [-0.05, 0) is 19.3 Å². The van der Waals surface area contributed by atoms with Crippen molar-refractivity contribution in [2.75, 3.05) is 12.8 Å². The fraction of sp³-hybridized carbons (Fsp3) is 0.750. The summed E-state index contributed by atoms with van der Waals surface area (Å²) >= 11 is 0. The van der Waals surface area contributed by atoms with Crippen molar-refractivity contribution >= 4 is 19.6 Å². The summed E-state index contributed by atoms with van der Waals surface area (Å²) in [5.41, 5.74) is 4.84. The van der Waals surface area contributed by atoms with Crippen molar-refractivity contribution in [1.82, 2.24) is 10.6 Å². The molecule has 0 saturated carbocycles. The van der Waals surface area contributed by atoms with Gasteiger partial charge in [-0.25, -0.2) is 4.79 Å². The van der Waals surface area contributed by atoms with Gasteiger partial charge >= 0.3 is 19.6 Å². The van der Waals surface area contributed by atoms with Gasteiger partial charge in [0.1, 0.15) is 6.04 Å². The molecule has 0 saturated heterocycles. The van der Waals surface area contributed by atoms with Gasteiger partial charge in [0.05, 0.1) is 6.29 Å². The molecule has 0 spiro atoms. The zero-order chi connectivity index (χ0) is 14.2. The molecular weight excluding hydrogens is 265 g/mol. The van der Waals surface area contributed by atoms with Crippen molar-refractivity contribution in [1.29, 1.82) is 0 Å². The lowest BCUT2D eigenvalue weighted by Crippen LogP contribution is -2.37. The van der Waals surface area contributed by atoms with Gasteiger partial charge in [0.2, 0.25) is 0 Å². The van der Waals surface area contributed by atoms with Crippen molar-refractivity contribution in [3.05, 3.63) is 0 Å². The molecule has 1 unspecified atom stereocenters. The van der Waals surface area contributed by atoms with Crippen LogP contribution in [0.15, 0.2) is 0 Å². The second kappa shape index (κ2) is 8.04. The summed E-state index contributed by atoms with van der Waals surface area (Å²) in [6.45, 7) is 0.333. The predicted octanol–water partition coefficient (Wildman–Crippen LogP) is -0.997. The molecule has 0 radical (unpaired) electrons. The number of carboxylic acid groups (broad SMARTS) is 1. The van der Waals surface area contributed by atoms with Crippen LogP contribution in [0.1, 0.15) is 19.3 Å². The number of carbonyl (C=O) groups is 2. The van der Waals surface area contributed by atoms with Crippen molar-refractivity contribution in [2.24, 2.45) is 5.73 Å². The average Bonchev–Trinajstić information content (AvgIpc) is 2.19. The number of nitrogens with two attached hydrogens (primary N) is 1. The van der Waals surface area contributed by atoms with Gasteiger partial charge in [-0.1, -0.05) is 0 Å². The summed E-state index contributed by atoms with van der Waals surface area (Å²) in [5.74, 6) is -1.17. The highest BCUT2D eigenvalue weighted by atomic mass is 31.2. The fourth-order valence-electron chi connectivity index (χ4n) is 1.23. The number of urea groups is 1. The summed E-state index contributed by atoms with van der Waals surface area (Å²) in [4.78, 5) is 38.3. The van der Waals surface area contributed by atoms with E-state index in [1.165, 1.54) is 0 Å². The number of carbonyl (C=O) groups excluding carboxylic acids is 1. The molecule has 9 nitrogen and oxygen atoms in total. The van der Waals surface area contributed by atoms with Crippen LogP contribution in [-0.4, -0.2) is 45.8 Å². The summed E-state index contributed by atoms with van der Waals surface area (Å²) < 4.78 is 10.6. The van der Waals surface area contributed by atoms with Crippen LogP contribution in [0.2, 0.25) is 0 Å². The maximum absolute atomic E-state index is 10.8. The van der Waals surface area contributed by atoms with Gasteiger partial charge in [0.15, 0.2) is 0 Å². The van der Waals surface area contributed by atoms with E-state index >= 15 is 0 Å². The first kappa shape index (κ1) is 16.9. The number of rotatable bonds is 9. The van der Waals surface area contributed by atoms with E-state index in [4.69, 9.17) is 20.6 Å². The van der Waals surface area contributed by atoms with E-state index in [1.54, 1.807) is 0 Å². The third-order valence-corrected chi connectivity index (χ3v) is 2.66. The number of primary amides is 1. The molecule has 106 valence electrons. The topological polar surface area (TPSA) is 162 Å². The molecule has 0 aromatic heterocycles. The Morgan fingerprint density at radius 2 is 1.89 bits per heavy atom. The smallest absolute Gasteiger partial charge is 0.339 e. The Bertz CT molecular complexity index is 331. The largest absolute Gasteiger partial charge is 0.480 e. The summed E-state index contributed by atoms with van der Waals surface area (Å²) in [6.07, 6.45) is 0.537. The second-order valence-corrected chi connectivity index (χ2v) is 5.35. The molecule has 0 bridgehead atoms. The number of hydrogen-bond donors (Lipinski definition) is 6. The molecule has 18 heavy (non-hydrogen) atoms. The predicted molar refractivity (Wildman–Crippen MR) is 62.9 cm³/mol.